The molecule has 5 nitrogen and oxygen atoms in total. The average molecular weight is 217 g/mol. The van der Waals surface area contributed by atoms with Crippen molar-refractivity contribution in [1.82, 2.24) is 15.0 Å². The first-order chi connectivity index (χ1) is 7.79. The lowest BCUT2D eigenvalue weighted by Gasteiger charge is -2.12. The van der Waals surface area contributed by atoms with Gasteiger partial charge in [0.1, 0.15) is 0 Å². The molecule has 1 unspecified atom stereocenters. The summed E-state index contributed by atoms with van der Waals surface area (Å²) in [6.07, 6.45) is 3.31. The Morgan fingerprint density at radius 2 is 1.88 bits per heavy atom. The number of hydrogen-bond acceptors (Lipinski definition) is 4. The third-order valence-electron chi connectivity index (χ3n) is 2.28. The highest BCUT2D eigenvalue weighted by Gasteiger charge is 2.00. The molecule has 0 spiro atoms. The van der Waals surface area contributed by atoms with Crippen LogP contribution < -0.4 is 11.1 Å². The van der Waals surface area contributed by atoms with Gasteiger partial charge in [-0.3, -0.25) is 0 Å². The van der Waals surface area contributed by atoms with E-state index in [0.29, 0.717) is 6.54 Å². The van der Waals surface area contributed by atoms with Crippen molar-refractivity contribution in [2.45, 2.75) is 13.0 Å². The van der Waals surface area contributed by atoms with Crippen molar-refractivity contribution in [3.05, 3.63) is 36.7 Å². The number of nitrogens with two attached hydrogens (primary N) is 1. The second kappa shape index (κ2) is 4.76. The number of benzene rings is 1. The van der Waals surface area contributed by atoms with Crippen molar-refractivity contribution in [2.24, 2.45) is 5.73 Å². The Hall–Kier alpha value is -1.88. The minimum Gasteiger partial charge on any atom is -0.381 e. The highest BCUT2D eigenvalue weighted by molar-refractivity contribution is 5.48. The van der Waals surface area contributed by atoms with Crippen molar-refractivity contribution in [3.63, 3.8) is 0 Å². The van der Waals surface area contributed by atoms with Gasteiger partial charge >= 0.3 is 0 Å². The summed E-state index contributed by atoms with van der Waals surface area (Å²) < 4.78 is 0. The fourth-order valence-electron chi connectivity index (χ4n) is 1.38. The molecular weight excluding hydrogens is 202 g/mol. The molecule has 16 heavy (non-hydrogen) atoms. The SMILES string of the molecule is CC(CN)Nc1ccc(-n2nccn2)cc1. The van der Waals surface area contributed by atoms with Crippen LogP contribution in [0.15, 0.2) is 36.7 Å². The second-order valence-corrected chi connectivity index (χ2v) is 3.65. The average Bonchev–Trinajstić information content (AvgIpc) is 2.83. The minimum atomic E-state index is 0.272. The van der Waals surface area contributed by atoms with Crippen LogP contribution in [0, 0.1) is 0 Å². The molecule has 0 saturated carbocycles. The summed E-state index contributed by atoms with van der Waals surface area (Å²) in [7, 11) is 0. The van der Waals surface area contributed by atoms with Crippen LogP contribution in [0.5, 0.6) is 0 Å². The maximum atomic E-state index is 5.54. The lowest BCUT2D eigenvalue weighted by molar-refractivity contribution is 0.751. The molecule has 1 aromatic carbocycles. The van der Waals surface area contributed by atoms with Crippen molar-refractivity contribution >= 4 is 5.69 Å². The first-order valence-electron chi connectivity index (χ1n) is 5.23. The van der Waals surface area contributed by atoms with Crippen LogP contribution in [-0.2, 0) is 0 Å². The van der Waals surface area contributed by atoms with Crippen molar-refractivity contribution in [2.75, 3.05) is 11.9 Å². The molecule has 0 aliphatic carbocycles. The number of nitrogens with one attached hydrogen (secondary N) is 1. The smallest absolute Gasteiger partial charge is 0.0858 e. The Labute approximate surface area is 94.3 Å². The first kappa shape index (κ1) is 10.6. The Morgan fingerprint density at radius 3 is 2.44 bits per heavy atom. The number of rotatable bonds is 4. The Bertz CT molecular complexity index is 420. The molecular formula is C11H15N5. The summed E-state index contributed by atoms with van der Waals surface area (Å²) >= 11 is 0. The lowest BCUT2D eigenvalue weighted by Crippen LogP contribution is -2.25. The normalized spacial score (nSPS) is 12.4. The third kappa shape index (κ3) is 2.38. The molecule has 2 aromatic rings. The van der Waals surface area contributed by atoms with Crippen LogP contribution in [0.1, 0.15) is 6.92 Å². The first-order valence-corrected chi connectivity index (χ1v) is 5.23. The summed E-state index contributed by atoms with van der Waals surface area (Å²) in [5.74, 6) is 0. The fraction of sp³-hybridized carbons (Fsp3) is 0.273. The predicted octanol–water partition coefficient (Wildman–Crippen LogP) is 1.03. The van der Waals surface area contributed by atoms with Crippen LogP contribution >= 0.6 is 0 Å². The Morgan fingerprint density at radius 1 is 1.25 bits per heavy atom. The van der Waals surface area contributed by atoms with E-state index in [-0.39, 0.29) is 6.04 Å². The summed E-state index contributed by atoms with van der Waals surface area (Å²) in [6, 6.07) is 8.18. The molecule has 1 aromatic heterocycles. The summed E-state index contributed by atoms with van der Waals surface area (Å²) in [6.45, 7) is 2.66. The van der Waals surface area contributed by atoms with E-state index in [1.165, 1.54) is 0 Å². The molecule has 0 bridgehead atoms. The van der Waals surface area contributed by atoms with E-state index in [4.69, 9.17) is 5.73 Å². The zero-order valence-electron chi connectivity index (χ0n) is 9.17. The van der Waals surface area contributed by atoms with Crippen molar-refractivity contribution in [3.8, 4) is 5.69 Å². The van der Waals surface area contributed by atoms with Gasteiger partial charge in [0.15, 0.2) is 0 Å². The number of aromatic nitrogens is 3. The molecule has 1 atom stereocenters. The topological polar surface area (TPSA) is 68.8 Å². The quantitative estimate of drug-likeness (QED) is 0.802. The van der Waals surface area contributed by atoms with E-state index in [1.54, 1.807) is 17.2 Å². The number of nitrogens with zero attached hydrogens (tertiary/aromatic N) is 3. The molecule has 0 aliphatic heterocycles. The van der Waals surface area contributed by atoms with Gasteiger partial charge in [-0.05, 0) is 31.2 Å². The lowest BCUT2D eigenvalue weighted by atomic mass is 10.2. The van der Waals surface area contributed by atoms with E-state index < -0.39 is 0 Å². The Kier molecular flexibility index (Phi) is 3.16. The molecule has 84 valence electrons. The maximum absolute atomic E-state index is 5.54. The van der Waals surface area contributed by atoms with Gasteiger partial charge in [-0.25, -0.2) is 0 Å². The third-order valence-corrected chi connectivity index (χ3v) is 2.28. The number of anilines is 1. The summed E-state index contributed by atoms with van der Waals surface area (Å²) in [5, 5.41) is 11.4. The molecule has 1 heterocycles. The molecule has 5 heteroatoms. The van der Waals surface area contributed by atoms with Gasteiger partial charge in [-0.1, -0.05) is 0 Å². The standard InChI is InChI=1S/C11H15N5/c1-9(8-12)15-10-2-4-11(5-3-10)16-13-6-7-14-16/h2-7,9,15H,8,12H2,1H3. The second-order valence-electron chi connectivity index (χ2n) is 3.65. The van der Waals surface area contributed by atoms with Gasteiger partial charge in [0.2, 0.25) is 0 Å². The zero-order valence-corrected chi connectivity index (χ0v) is 9.17. The van der Waals surface area contributed by atoms with Gasteiger partial charge in [0, 0.05) is 18.3 Å². The predicted molar refractivity (Wildman–Crippen MR) is 63.5 cm³/mol. The summed E-state index contributed by atoms with van der Waals surface area (Å²) in [5.41, 5.74) is 7.53. The fourth-order valence-corrected chi connectivity index (χ4v) is 1.38. The molecule has 0 fully saturated rings. The molecule has 3 N–H and O–H groups in total. The van der Waals surface area contributed by atoms with Crippen LogP contribution in [0.2, 0.25) is 0 Å². The maximum Gasteiger partial charge on any atom is 0.0858 e. The van der Waals surface area contributed by atoms with Gasteiger partial charge < -0.3 is 11.1 Å². The van der Waals surface area contributed by atoms with Crippen LogP contribution in [0.25, 0.3) is 5.69 Å². The van der Waals surface area contributed by atoms with Gasteiger partial charge in [-0.15, -0.1) is 0 Å². The van der Waals surface area contributed by atoms with Crippen LogP contribution in [0.3, 0.4) is 0 Å². The van der Waals surface area contributed by atoms with Crippen LogP contribution in [0.4, 0.5) is 5.69 Å². The zero-order chi connectivity index (χ0) is 11.4. The van der Waals surface area contributed by atoms with Crippen molar-refractivity contribution in [1.29, 1.82) is 0 Å². The molecule has 0 amide bonds. The van der Waals surface area contributed by atoms with Gasteiger partial charge in [-0.2, -0.15) is 15.0 Å². The molecule has 2 rings (SSSR count). The molecule has 0 saturated heterocycles. The van der Waals surface area contributed by atoms with E-state index in [9.17, 15) is 0 Å². The summed E-state index contributed by atoms with van der Waals surface area (Å²) in [4.78, 5) is 1.58. The van der Waals surface area contributed by atoms with Gasteiger partial charge in [0.05, 0.1) is 18.1 Å². The van der Waals surface area contributed by atoms with E-state index in [1.807, 2.05) is 31.2 Å². The monoisotopic (exact) mass is 217 g/mol. The molecule has 0 radical (unpaired) electrons. The largest absolute Gasteiger partial charge is 0.381 e. The number of hydrogen-bond donors (Lipinski definition) is 2. The van der Waals surface area contributed by atoms with E-state index in [0.717, 1.165) is 11.4 Å². The molecule has 0 aliphatic rings. The highest BCUT2D eigenvalue weighted by Crippen LogP contribution is 2.12. The minimum absolute atomic E-state index is 0.272. The van der Waals surface area contributed by atoms with Crippen LogP contribution in [-0.4, -0.2) is 27.6 Å². The highest BCUT2D eigenvalue weighted by atomic mass is 15.5. The van der Waals surface area contributed by atoms with E-state index >= 15 is 0 Å². The van der Waals surface area contributed by atoms with E-state index in [2.05, 4.69) is 15.5 Å². The van der Waals surface area contributed by atoms with Crippen molar-refractivity contribution < 1.29 is 0 Å². The van der Waals surface area contributed by atoms with Gasteiger partial charge in [0.25, 0.3) is 0 Å². The Balaban J connectivity index is 2.11.